The molecule has 4 N–H and O–H groups in total. The van der Waals surface area contributed by atoms with E-state index < -0.39 is 17.7 Å². The van der Waals surface area contributed by atoms with E-state index in [1.54, 1.807) is 0 Å². The Morgan fingerprint density at radius 1 is 0.923 bits per heavy atom. The Balaban J connectivity index is 0.768. The number of ketones is 1. The van der Waals surface area contributed by atoms with E-state index in [2.05, 4.69) is 75.7 Å². The lowest BCUT2D eigenvalue weighted by atomic mass is 9.43. The highest BCUT2D eigenvalue weighted by Crippen LogP contribution is 2.69. The number of fused-ring (bicyclic) bond motifs is 9. The van der Waals surface area contributed by atoms with Crippen LogP contribution in [0.25, 0.3) is 0 Å². The first-order chi connectivity index (χ1) is 31.0. The van der Waals surface area contributed by atoms with Gasteiger partial charge in [-0.15, -0.1) is 5.92 Å². The molecule has 1 aromatic rings. The van der Waals surface area contributed by atoms with Crippen LogP contribution in [-0.2, 0) is 19.1 Å². The lowest BCUT2D eigenvalue weighted by Crippen LogP contribution is -2.62. The number of benzene rings is 1. The molecule has 16 atom stereocenters. The van der Waals surface area contributed by atoms with Gasteiger partial charge in [0.25, 0.3) is 0 Å². The minimum atomic E-state index is -0.983. The molecule has 0 amide bonds. The van der Waals surface area contributed by atoms with Gasteiger partial charge in [-0.2, -0.15) is 0 Å². The van der Waals surface area contributed by atoms with Gasteiger partial charge in [-0.3, -0.25) is 9.59 Å². The summed E-state index contributed by atoms with van der Waals surface area (Å²) >= 11 is 0. The van der Waals surface area contributed by atoms with E-state index in [-0.39, 0.29) is 76.2 Å². The lowest BCUT2D eigenvalue weighted by Gasteiger charge is -2.63. The maximum absolute atomic E-state index is 12.5. The van der Waals surface area contributed by atoms with Crippen LogP contribution in [0.3, 0.4) is 0 Å². The van der Waals surface area contributed by atoms with Gasteiger partial charge in [0.15, 0.2) is 5.78 Å². The second-order valence-corrected chi connectivity index (χ2v) is 23.2. The van der Waals surface area contributed by atoms with Crippen molar-refractivity contribution in [2.24, 2.45) is 63.6 Å². The maximum atomic E-state index is 12.5. The number of carbonyl (C=O) groups is 2. The number of aliphatic carboxylic acids is 1. The number of hydrogen-bond donors (Lipinski definition) is 4. The monoisotopic (exact) mass is 894 g/mol. The molecule has 0 saturated heterocycles. The molecule has 0 bridgehead atoms. The first kappa shape index (κ1) is 47.1. The van der Waals surface area contributed by atoms with Crippen molar-refractivity contribution in [2.75, 3.05) is 38.3 Å². The summed E-state index contributed by atoms with van der Waals surface area (Å²) in [4.78, 5) is 26.1. The number of ether oxygens (including phenoxy) is 2. The minimum absolute atomic E-state index is 0.0646. The average Bonchev–Trinajstić information content (AvgIpc) is 3.77. The van der Waals surface area contributed by atoms with Crippen molar-refractivity contribution in [2.45, 2.75) is 167 Å². The normalized spacial score (nSPS) is 42.3. The summed E-state index contributed by atoms with van der Waals surface area (Å²) < 4.78 is 12.6. The number of aliphatic hydroxyl groups is 3. The smallest absolute Gasteiger partial charge is 0.303 e. The van der Waals surface area contributed by atoms with E-state index >= 15 is 0 Å². The van der Waals surface area contributed by atoms with Gasteiger partial charge < -0.3 is 34.8 Å². The predicted octanol–water partition coefficient (Wildman–Crippen LogP) is 9.28. The Labute approximate surface area is 389 Å². The van der Waals surface area contributed by atoms with Crippen molar-refractivity contribution in [3.05, 3.63) is 52.6 Å². The molecule has 0 radical (unpaired) electrons. The second-order valence-electron chi connectivity index (χ2n) is 23.2. The first-order valence-corrected chi connectivity index (χ1v) is 25.7. The second kappa shape index (κ2) is 18.1. The molecule has 0 aliphatic heterocycles. The molecule has 65 heavy (non-hydrogen) atoms. The number of aliphatic hydroxyl groups excluding tert-OH is 2. The third-order valence-electron chi connectivity index (χ3n) is 20.4. The molecular weight excluding hydrogens is 815 g/mol. The van der Waals surface area contributed by atoms with E-state index in [9.17, 15) is 30.0 Å². The van der Waals surface area contributed by atoms with Crippen molar-refractivity contribution in [3.8, 4) is 11.8 Å². The molecule has 6 saturated carbocycles. The number of rotatable bonds is 13. The zero-order valence-electron chi connectivity index (χ0n) is 40.3. The number of likely N-dealkylation sites (N-methyl/N-ethyl adjacent to an activating group) is 1. The molecule has 9 nitrogen and oxygen atoms in total. The van der Waals surface area contributed by atoms with Crippen LogP contribution in [0.1, 0.15) is 149 Å². The molecular formula is C56H79NO8. The number of carboxylic acids is 1. The van der Waals surface area contributed by atoms with Gasteiger partial charge in [-0.1, -0.05) is 51.3 Å². The van der Waals surface area contributed by atoms with Gasteiger partial charge in [-0.05, 0) is 190 Å². The summed E-state index contributed by atoms with van der Waals surface area (Å²) in [6.45, 7) is 13.4. The summed E-state index contributed by atoms with van der Waals surface area (Å²) in [5, 5.41) is 45.2. The zero-order valence-corrected chi connectivity index (χ0v) is 40.3. The molecule has 9 heteroatoms. The number of hydrogen-bond acceptors (Lipinski definition) is 8. The Kier molecular flexibility index (Phi) is 13.1. The standard InChI is InChI=1S/C56H79NO8/c1-7-22-56(63)24-21-45-42-15-11-36-29-39(58)14-16-41(36)51(42)43(33-54(45,56)4)35-9-12-38(13-10-35)57(6)25-26-64-27-28-65-40-20-23-53(3)37(30-40)31-48(59)52-46-18-17-44(34(2)8-19-50(61)62)55(46,5)49(60)32-47(52)53/h9-10,12-13,29,34,37,40,42-49,52,59-60,63H,8,11,14-21,23-28,30-33H2,1-6H3,(H,61,62)/t34-,37+,40+,42+,43-,44-,45+,46+,47+,48-,49+,52+,53+,54+,55-,56+/m1/s1. The van der Waals surface area contributed by atoms with Gasteiger partial charge in [0.1, 0.15) is 5.60 Å². The fourth-order valence-corrected chi connectivity index (χ4v) is 16.9. The van der Waals surface area contributed by atoms with Crippen molar-refractivity contribution in [3.63, 3.8) is 0 Å². The quantitative estimate of drug-likeness (QED) is 0.113. The summed E-state index contributed by atoms with van der Waals surface area (Å²) in [6, 6.07) is 9.04. The molecule has 0 heterocycles. The highest BCUT2D eigenvalue weighted by Gasteiger charge is 2.66. The number of carboxylic acid groups (broad SMARTS) is 1. The predicted molar refractivity (Wildman–Crippen MR) is 253 cm³/mol. The van der Waals surface area contributed by atoms with Crippen LogP contribution >= 0.6 is 0 Å². The zero-order chi connectivity index (χ0) is 46.1. The SMILES string of the molecule is CC#C[C@]1(O)CC[C@H]2[C@@H]3CCC4=CC(=O)CCC4=C3[C@@H](c3ccc(N(C)CCOCCO[C@H]4CC[C@@]5(C)[C@@H](C4)C[C@@H](O)[C@@H]4[C@@H]5C[C@H](O)[C@]5(C)[C@@H]([C@H](C)CCC(=O)O)CC[C@@H]45)cc3)C[C@@]21C. The third-order valence-corrected chi connectivity index (χ3v) is 20.4. The van der Waals surface area contributed by atoms with Crippen LogP contribution in [0.4, 0.5) is 5.69 Å². The summed E-state index contributed by atoms with van der Waals surface area (Å²) in [7, 11) is 2.11. The minimum Gasteiger partial charge on any atom is -0.481 e. The summed E-state index contributed by atoms with van der Waals surface area (Å²) in [5.74, 6) is 8.44. The van der Waals surface area contributed by atoms with Gasteiger partial charge in [-0.25, -0.2) is 0 Å². The van der Waals surface area contributed by atoms with E-state index in [1.165, 1.54) is 22.3 Å². The Morgan fingerprint density at radius 2 is 1.71 bits per heavy atom. The van der Waals surface area contributed by atoms with Crippen molar-refractivity contribution >= 4 is 17.4 Å². The summed E-state index contributed by atoms with van der Waals surface area (Å²) in [6.07, 6.45) is 14.6. The van der Waals surface area contributed by atoms with Crippen molar-refractivity contribution < 1.29 is 39.5 Å². The van der Waals surface area contributed by atoms with Crippen molar-refractivity contribution in [1.82, 2.24) is 0 Å². The summed E-state index contributed by atoms with van der Waals surface area (Å²) in [5.41, 5.74) is 5.14. The molecule has 356 valence electrons. The van der Waals surface area contributed by atoms with E-state index in [0.29, 0.717) is 50.4 Å². The fraction of sp³-hybridized carbons (Fsp3) is 0.750. The highest BCUT2D eigenvalue weighted by atomic mass is 16.5. The Hall–Kier alpha value is -3.00. The average molecular weight is 894 g/mol. The Morgan fingerprint density at radius 3 is 2.46 bits per heavy atom. The van der Waals surface area contributed by atoms with Gasteiger partial charge in [0.05, 0.1) is 38.1 Å². The lowest BCUT2D eigenvalue weighted by molar-refractivity contribution is -0.209. The topological polar surface area (TPSA) is 137 Å². The van der Waals surface area contributed by atoms with Crippen LogP contribution in [0.2, 0.25) is 0 Å². The molecule has 8 aliphatic carbocycles. The molecule has 8 aliphatic rings. The van der Waals surface area contributed by atoms with Gasteiger partial charge in [0, 0.05) is 43.5 Å². The van der Waals surface area contributed by atoms with Crippen LogP contribution in [-0.4, -0.2) is 89.5 Å². The van der Waals surface area contributed by atoms with E-state index in [1.807, 2.05) is 13.0 Å². The van der Waals surface area contributed by atoms with Crippen molar-refractivity contribution in [1.29, 1.82) is 0 Å². The highest BCUT2D eigenvalue weighted by molar-refractivity contribution is 5.93. The fourth-order valence-electron chi connectivity index (χ4n) is 16.9. The number of carbonyl (C=O) groups excluding carboxylic acids is 1. The van der Waals surface area contributed by atoms with E-state index in [4.69, 9.17) is 9.47 Å². The van der Waals surface area contributed by atoms with Crippen LogP contribution in [0.5, 0.6) is 0 Å². The number of anilines is 1. The number of allylic oxidation sites excluding steroid dienone is 4. The van der Waals surface area contributed by atoms with Crippen LogP contribution in [0, 0.1) is 75.4 Å². The largest absolute Gasteiger partial charge is 0.481 e. The maximum Gasteiger partial charge on any atom is 0.303 e. The molecule has 1 aromatic carbocycles. The van der Waals surface area contributed by atoms with Gasteiger partial charge >= 0.3 is 5.97 Å². The van der Waals surface area contributed by atoms with Crippen LogP contribution < -0.4 is 4.90 Å². The molecule has 0 aromatic heterocycles. The molecule has 9 rings (SSSR count). The molecule has 0 unspecified atom stereocenters. The van der Waals surface area contributed by atoms with Gasteiger partial charge in [0.2, 0.25) is 0 Å². The van der Waals surface area contributed by atoms with Crippen LogP contribution in [0.15, 0.2) is 47.1 Å². The molecule has 0 spiro atoms. The third kappa shape index (κ3) is 8.09. The van der Waals surface area contributed by atoms with E-state index in [0.717, 1.165) is 95.7 Å². The molecule has 6 fully saturated rings. The Bertz CT molecular complexity index is 2080. The first-order valence-electron chi connectivity index (χ1n) is 25.7. The number of nitrogens with zero attached hydrogens (tertiary/aromatic N) is 1.